The normalized spacial score (nSPS) is 11.8. The molecule has 0 saturated heterocycles. The maximum Gasteiger partial charge on any atom is 0.177 e. The third-order valence-corrected chi connectivity index (χ3v) is 2.83. The maximum absolute atomic E-state index is 12.9. The molecule has 0 bridgehead atoms. The number of carbonyl (C=O) groups excluding carboxylic acids is 1. The lowest BCUT2D eigenvalue weighted by Crippen LogP contribution is -2.27. The van der Waals surface area contributed by atoms with Gasteiger partial charge in [0, 0.05) is 5.56 Å². The number of nitrogens with two attached hydrogens (primary N) is 1. The van der Waals surface area contributed by atoms with Gasteiger partial charge in [0.15, 0.2) is 5.78 Å². The summed E-state index contributed by atoms with van der Waals surface area (Å²) in [5.41, 5.74) is 6.52. The second-order valence-electron chi connectivity index (χ2n) is 4.17. The fraction of sp³-hybridized carbons (Fsp3) is 0.0667. The predicted octanol–water partition coefficient (Wildman–Crippen LogP) is 2.73. The van der Waals surface area contributed by atoms with Gasteiger partial charge in [0.1, 0.15) is 17.6 Å². The monoisotopic (exact) mass is 256 g/mol. The molecule has 3 N–H and O–H groups in total. The van der Waals surface area contributed by atoms with Crippen molar-refractivity contribution < 1.29 is 9.18 Å². The van der Waals surface area contributed by atoms with E-state index >= 15 is 0 Å². The average Bonchev–Trinajstić information content (AvgIpc) is 2.40. The van der Waals surface area contributed by atoms with Gasteiger partial charge in [-0.1, -0.05) is 30.3 Å². The first-order chi connectivity index (χ1) is 9.09. The van der Waals surface area contributed by atoms with Gasteiger partial charge in [-0.2, -0.15) is 0 Å². The number of ketones is 1. The number of hydrogen-bond donors (Lipinski definition) is 2. The molecule has 0 aliphatic carbocycles. The van der Waals surface area contributed by atoms with Crippen molar-refractivity contribution in [3.8, 4) is 0 Å². The molecule has 0 heterocycles. The first-order valence-corrected chi connectivity index (χ1v) is 5.78. The third-order valence-electron chi connectivity index (χ3n) is 2.83. The Morgan fingerprint density at radius 3 is 2.16 bits per heavy atom. The molecule has 96 valence electrons. The van der Waals surface area contributed by atoms with Crippen LogP contribution < -0.4 is 5.73 Å². The van der Waals surface area contributed by atoms with Crippen molar-refractivity contribution in [2.45, 2.75) is 5.92 Å². The highest BCUT2D eigenvalue weighted by atomic mass is 19.1. The van der Waals surface area contributed by atoms with Crippen molar-refractivity contribution in [2.75, 3.05) is 0 Å². The van der Waals surface area contributed by atoms with Crippen molar-refractivity contribution >= 4 is 11.6 Å². The van der Waals surface area contributed by atoms with E-state index in [1.807, 2.05) is 6.07 Å². The molecule has 0 aliphatic heterocycles. The van der Waals surface area contributed by atoms with Crippen LogP contribution in [-0.4, -0.2) is 11.6 Å². The first kappa shape index (κ1) is 13.0. The second-order valence-corrected chi connectivity index (χ2v) is 4.17. The van der Waals surface area contributed by atoms with Gasteiger partial charge < -0.3 is 5.73 Å². The summed E-state index contributed by atoms with van der Waals surface area (Å²) in [6.07, 6.45) is 0. The highest BCUT2D eigenvalue weighted by Crippen LogP contribution is 2.21. The van der Waals surface area contributed by atoms with Crippen molar-refractivity contribution in [2.24, 2.45) is 5.73 Å². The topological polar surface area (TPSA) is 66.9 Å². The van der Waals surface area contributed by atoms with E-state index in [4.69, 9.17) is 11.1 Å². The smallest absolute Gasteiger partial charge is 0.177 e. The number of benzene rings is 2. The van der Waals surface area contributed by atoms with Crippen LogP contribution in [0.1, 0.15) is 21.8 Å². The standard InChI is InChI=1S/C15H13FN2O/c16-12-8-6-11(7-9-12)14(19)13(15(17)18)10-4-2-1-3-5-10/h1-9,13H,(H3,17,18). The molecular formula is C15H13FN2O. The number of halogens is 1. The van der Waals surface area contributed by atoms with Gasteiger partial charge in [0.25, 0.3) is 0 Å². The van der Waals surface area contributed by atoms with Gasteiger partial charge in [0.05, 0.1) is 0 Å². The fourth-order valence-electron chi connectivity index (χ4n) is 1.90. The molecule has 0 aromatic heterocycles. The van der Waals surface area contributed by atoms with Crippen LogP contribution in [-0.2, 0) is 0 Å². The molecule has 19 heavy (non-hydrogen) atoms. The maximum atomic E-state index is 12.9. The second kappa shape index (κ2) is 5.44. The van der Waals surface area contributed by atoms with E-state index in [1.54, 1.807) is 24.3 Å². The van der Waals surface area contributed by atoms with Gasteiger partial charge in [-0.3, -0.25) is 10.2 Å². The minimum absolute atomic E-state index is 0.222. The molecule has 2 aromatic rings. The molecule has 2 aromatic carbocycles. The average molecular weight is 256 g/mol. The minimum Gasteiger partial charge on any atom is -0.387 e. The lowest BCUT2D eigenvalue weighted by atomic mass is 9.90. The Morgan fingerprint density at radius 2 is 1.63 bits per heavy atom. The highest BCUT2D eigenvalue weighted by molar-refractivity contribution is 6.14. The Hall–Kier alpha value is -2.49. The van der Waals surface area contributed by atoms with E-state index in [1.165, 1.54) is 24.3 Å². The van der Waals surface area contributed by atoms with E-state index in [-0.39, 0.29) is 11.6 Å². The van der Waals surface area contributed by atoms with Gasteiger partial charge >= 0.3 is 0 Å². The van der Waals surface area contributed by atoms with E-state index in [0.717, 1.165) is 0 Å². The van der Waals surface area contributed by atoms with E-state index in [9.17, 15) is 9.18 Å². The highest BCUT2D eigenvalue weighted by Gasteiger charge is 2.24. The van der Waals surface area contributed by atoms with Crippen LogP contribution in [0.4, 0.5) is 4.39 Å². The number of Topliss-reactive ketones (excluding diaryl/α,β-unsaturated/α-hetero) is 1. The Morgan fingerprint density at radius 1 is 1.05 bits per heavy atom. The largest absolute Gasteiger partial charge is 0.387 e. The van der Waals surface area contributed by atoms with Crippen LogP contribution in [0, 0.1) is 11.2 Å². The van der Waals surface area contributed by atoms with Crippen LogP contribution in [0.3, 0.4) is 0 Å². The summed E-state index contributed by atoms with van der Waals surface area (Å²) in [7, 11) is 0. The summed E-state index contributed by atoms with van der Waals surface area (Å²) in [6.45, 7) is 0. The number of carbonyl (C=O) groups is 1. The number of nitrogens with one attached hydrogen (secondary N) is 1. The SMILES string of the molecule is N=C(N)C(C(=O)c1ccc(F)cc1)c1ccccc1. The molecule has 0 radical (unpaired) electrons. The number of rotatable bonds is 4. The summed E-state index contributed by atoms with van der Waals surface area (Å²) in [5, 5.41) is 7.59. The van der Waals surface area contributed by atoms with Crippen molar-refractivity contribution in [3.63, 3.8) is 0 Å². The molecule has 4 heteroatoms. The number of hydrogen-bond acceptors (Lipinski definition) is 2. The van der Waals surface area contributed by atoms with Crippen molar-refractivity contribution in [1.82, 2.24) is 0 Å². The molecule has 0 aliphatic rings. The quantitative estimate of drug-likeness (QED) is 0.501. The molecular weight excluding hydrogens is 243 g/mol. The lowest BCUT2D eigenvalue weighted by molar-refractivity contribution is 0.0982. The van der Waals surface area contributed by atoms with Crippen molar-refractivity contribution in [1.29, 1.82) is 5.41 Å². The zero-order chi connectivity index (χ0) is 13.8. The van der Waals surface area contributed by atoms with Crippen LogP contribution in [0.15, 0.2) is 54.6 Å². The Bertz CT molecular complexity index is 593. The molecule has 3 nitrogen and oxygen atoms in total. The molecule has 0 fully saturated rings. The van der Waals surface area contributed by atoms with Crippen LogP contribution in [0.25, 0.3) is 0 Å². The predicted molar refractivity (Wildman–Crippen MR) is 71.8 cm³/mol. The molecule has 0 spiro atoms. The van der Waals surface area contributed by atoms with Crippen LogP contribution in [0.5, 0.6) is 0 Å². The van der Waals surface area contributed by atoms with Gasteiger partial charge in [-0.25, -0.2) is 4.39 Å². The van der Waals surface area contributed by atoms with Crippen molar-refractivity contribution in [3.05, 3.63) is 71.5 Å². The lowest BCUT2D eigenvalue weighted by Gasteiger charge is -2.14. The van der Waals surface area contributed by atoms with Crippen LogP contribution >= 0.6 is 0 Å². The van der Waals surface area contributed by atoms with E-state index < -0.39 is 11.7 Å². The molecule has 2 rings (SSSR count). The summed E-state index contributed by atoms with van der Waals surface area (Å²) < 4.78 is 12.9. The summed E-state index contributed by atoms with van der Waals surface area (Å²) in [6, 6.07) is 14.1. The first-order valence-electron chi connectivity index (χ1n) is 5.78. The molecule has 1 atom stereocenters. The zero-order valence-corrected chi connectivity index (χ0v) is 10.1. The summed E-state index contributed by atoms with van der Waals surface area (Å²) in [5.74, 6) is -1.76. The Labute approximate surface area is 110 Å². The van der Waals surface area contributed by atoms with Gasteiger partial charge in [0.2, 0.25) is 0 Å². The van der Waals surface area contributed by atoms with E-state index in [2.05, 4.69) is 0 Å². The Kier molecular flexibility index (Phi) is 3.71. The fourth-order valence-corrected chi connectivity index (χ4v) is 1.90. The third kappa shape index (κ3) is 2.85. The van der Waals surface area contributed by atoms with E-state index in [0.29, 0.717) is 11.1 Å². The molecule has 0 amide bonds. The van der Waals surface area contributed by atoms with Gasteiger partial charge in [-0.05, 0) is 29.8 Å². The minimum atomic E-state index is -0.827. The van der Waals surface area contributed by atoms with Gasteiger partial charge in [-0.15, -0.1) is 0 Å². The van der Waals surface area contributed by atoms with Crippen LogP contribution in [0.2, 0.25) is 0 Å². The summed E-state index contributed by atoms with van der Waals surface area (Å²) in [4.78, 5) is 12.4. The Balaban J connectivity index is 2.38. The summed E-state index contributed by atoms with van der Waals surface area (Å²) >= 11 is 0. The number of amidine groups is 1. The molecule has 1 unspecified atom stereocenters. The molecule has 0 saturated carbocycles. The zero-order valence-electron chi connectivity index (χ0n) is 10.1.